The molecule has 0 aromatic carbocycles. The molecular formula is C9H14N2O4. The summed E-state index contributed by atoms with van der Waals surface area (Å²) < 4.78 is 0. The normalized spacial score (nSPS) is 31.4. The Labute approximate surface area is 87.1 Å². The van der Waals surface area contributed by atoms with Crippen molar-refractivity contribution in [2.75, 3.05) is 19.6 Å². The summed E-state index contributed by atoms with van der Waals surface area (Å²) in [5.74, 6) is -0.257. The van der Waals surface area contributed by atoms with Crippen molar-refractivity contribution in [3.8, 4) is 0 Å². The highest BCUT2D eigenvalue weighted by molar-refractivity contribution is 5.83. The number of carbonyl (C=O) groups is 2. The molecule has 2 N–H and O–H groups in total. The Kier molecular flexibility index (Phi) is 2.52. The monoisotopic (exact) mass is 214 g/mol. The van der Waals surface area contributed by atoms with Gasteiger partial charge in [0.15, 0.2) is 0 Å². The lowest BCUT2D eigenvalue weighted by molar-refractivity contribution is -0.135. The Morgan fingerprint density at radius 2 is 2.13 bits per heavy atom. The van der Waals surface area contributed by atoms with E-state index in [0.717, 1.165) is 0 Å². The standard InChI is InChI=1S/C9H14N2O4/c12-7-4-6-5-10(9(14)15)2-1-3-11(6)8(7)13/h6-7,12H,1-5H2,(H,14,15)/t6-,7+/m0/s1. The molecule has 0 radical (unpaired) electrons. The molecule has 0 unspecified atom stereocenters. The van der Waals surface area contributed by atoms with Crippen LogP contribution in [0.3, 0.4) is 0 Å². The maximum atomic E-state index is 11.5. The highest BCUT2D eigenvalue weighted by Crippen LogP contribution is 2.23. The SMILES string of the molecule is O=C(O)N1CCCN2C(=O)[C@H](O)C[C@H]2C1. The molecule has 0 aliphatic carbocycles. The van der Waals surface area contributed by atoms with Crippen molar-refractivity contribution >= 4 is 12.0 Å². The lowest BCUT2D eigenvalue weighted by Crippen LogP contribution is -2.40. The number of carboxylic acid groups (broad SMARTS) is 1. The topological polar surface area (TPSA) is 81.1 Å². The van der Waals surface area contributed by atoms with E-state index in [1.807, 2.05) is 0 Å². The number of amides is 2. The van der Waals surface area contributed by atoms with Gasteiger partial charge in [0.05, 0.1) is 6.04 Å². The molecule has 0 bridgehead atoms. The fraction of sp³-hybridized carbons (Fsp3) is 0.778. The average molecular weight is 214 g/mol. The van der Waals surface area contributed by atoms with Crippen LogP contribution in [0, 0.1) is 0 Å². The molecule has 2 rings (SSSR count). The quantitative estimate of drug-likeness (QED) is 0.560. The highest BCUT2D eigenvalue weighted by Gasteiger charge is 2.40. The number of rotatable bonds is 0. The molecule has 2 atom stereocenters. The van der Waals surface area contributed by atoms with Crippen molar-refractivity contribution in [2.24, 2.45) is 0 Å². The largest absolute Gasteiger partial charge is 0.465 e. The van der Waals surface area contributed by atoms with Crippen LogP contribution in [0.5, 0.6) is 0 Å². The van der Waals surface area contributed by atoms with E-state index in [1.54, 1.807) is 4.90 Å². The maximum Gasteiger partial charge on any atom is 0.407 e. The number of aliphatic hydroxyl groups is 1. The summed E-state index contributed by atoms with van der Waals surface area (Å²) in [6, 6.07) is -0.147. The second-order valence-corrected chi connectivity index (χ2v) is 4.02. The van der Waals surface area contributed by atoms with Crippen LogP contribution in [-0.4, -0.2) is 63.8 Å². The van der Waals surface area contributed by atoms with Gasteiger partial charge in [-0.2, -0.15) is 0 Å². The molecule has 6 nitrogen and oxygen atoms in total. The summed E-state index contributed by atoms with van der Waals surface area (Å²) in [6.07, 6.45) is -0.904. The van der Waals surface area contributed by atoms with Crippen LogP contribution in [0.4, 0.5) is 4.79 Å². The molecule has 6 heteroatoms. The van der Waals surface area contributed by atoms with E-state index >= 15 is 0 Å². The smallest absolute Gasteiger partial charge is 0.407 e. The molecular weight excluding hydrogens is 200 g/mol. The number of aliphatic hydroxyl groups excluding tert-OH is 1. The first kappa shape index (κ1) is 10.2. The van der Waals surface area contributed by atoms with Gasteiger partial charge in [-0.25, -0.2) is 4.79 Å². The zero-order valence-corrected chi connectivity index (χ0v) is 8.30. The molecule has 0 aromatic rings. The van der Waals surface area contributed by atoms with E-state index in [4.69, 9.17) is 5.11 Å². The van der Waals surface area contributed by atoms with E-state index < -0.39 is 12.2 Å². The van der Waals surface area contributed by atoms with Crippen molar-refractivity contribution in [2.45, 2.75) is 25.0 Å². The zero-order chi connectivity index (χ0) is 11.0. The number of hydrogen-bond donors (Lipinski definition) is 2. The van der Waals surface area contributed by atoms with Crippen LogP contribution in [0.2, 0.25) is 0 Å². The highest BCUT2D eigenvalue weighted by atomic mass is 16.4. The number of hydrogen-bond acceptors (Lipinski definition) is 3. The van der Waals surface area contributed by atoms with Gasteiger partial charge in [-0.3, -0.25) is 4.79 Å². The summed E-state index contributed by atoms with van der Waals surface area (Å²) in [5.41, 5.74) is 0. The Morgan fingerprint density at radius 3 is 2.80 bits per heavy atom. The molecule has 2 aliphatic heterocycles. The Hall–Kier alpha value is -1.30. The van der Waals surface area contributed by atoms with Crippen molar-refractivity contribution in [3.63, 3.8) is 0 Å². The Balaban J connectivity index is 2.10. The van der Waals surface area contributed by atoms with E-state index in [2.05, 4.69) is 0 Å². The summed E-state index contributed by atoms with van der Waals surface area (Å²) in [4.78, 5) is 25.2. The predicted octanol–water partition coefficient (Wildman–Crippen LogP) is -0.668. The van der Waals surface area contributed by atoms with Crippen LogP contribution in [0.1, 0.15) is 12.8 Å². The van der Waals surface area contributed by atoms with E-state index in [9.17, 15) is 14.7 Å². The second kappa shape index (κ2) is 3.69. The van der Waals surface area contributed by atoms with Crippen molar-refractivity contribution < 1.29 is 19.8 Å². The molecule has 0 saturated carbocycles. The summed E-state index contributed by atoms with van der Waals surface area (Å²) >= 11 is 0. The molecule has 2 heterocycles. The Morgan fingerprint density at radius 1 is 1.40 bits per heavy atom. The van der Waals surface area contributed by atoms with Gasteiger partial charge in [0, 0.05) is 26.1 Å². The molecule has 2 fully saturated rings. The van der Waals surface area contributed by atoms with Gasteiger partial charge in [-0.1, -0.05) is 0 Å². The average Bonchev–Trinajstić information content (AvgIpc) is 2.41. The molecule has 2 amide bonds. The van der Waals surface area contributed by atoms with Crippen LogP contribution in [0.25, 0.3) is 0 Å². The van der Waals surface area contributed by atoms with Crippen LogP contribution >= 0.6 is 0 Å². The molecule has 15 heavy (non-hydrogen) atoms. The van der Waals surface area contributed by atoms with E-state index in [-0.39, 0.29) is 11.9 Å². The van der Waals surface area contributed by atoms with Gasteiger partial charge in [0.25, 0.3) is 5.91 Å². The first-order valence-corrected chi connectivity index (χ1v) is 5.06. The maximum absolute atomic E-state index is 11.5. The van der Waals surface area contributed by atoms with Crippen LogP contribution in [-0.2, 0) is 4.79 Å². The van der Waals surface area contributed by atoms with Gasteiger partial charge >= 0.3 is 6.09 Å². The predicted molar refractivity (Wildman–Crippen MR) is 50.3 cm³/mol. The lowest BCUT2D eigenvalue weighted by atomic mass is 10.2. The molecule has 2 aliphatic rings. The minimum atomic E-state index is -0.953. The van der Waals surface area contributed by atoms with E-state index in [0.29, 0.717) is 32.5 Å². The fourth-order valence-corrected chi connectivity index (χ4v) is 2.27. The van der Waals surface area contributed by atoms with Gasteiger partial charge in [0.1, 0.15) is 6.10 Å². The fourth-order valence-electron chi connectivity index (χ4n) is 2.27. The van der Waals surface area contributed by atoms with Crippen molar-refractivity contribution in [1.29, 1.82) is 0 Å². The summed E-state index contributed by atoms with van der Waals surface area (Å²) in [7, 11) is 0. The first-order chi connectivity index (χ1) is 7.09. The third-order valence-electron chi connectivity index (χ3n) is 3.03. The number of carbonyl (C=O) groups excluding carboxylic acids is 1. The molecule has 2 saturated heterocycles. The van der Waals surface area contributed by atoms with Crippen molar-refractivity contribution in [1.82, 2.24) is 9.80 Å². The minimum Gasteiger partial charge on any atom is -0.465 e. The minimum absolute atomic E-state index is 0.147. The van der Waals surface area contributed by atoms with Gasteiger partial charge in [-0.15, -0.1) is 0 Å². The van der Waals surface area contributed by atoms with E-state index in [1.165, 1.54) is 4.90 Å². The Bertz CT molecular complexity index is 294. The first-order valence-electron chi connectivity index (χ1n) is 5.06. The second-order valence-electron chi connectivity index (χ2n) is 4.02. The number of nitrogens with zero attached hydrogens (tertiary/aromatic N) is 2. The summed E-state index contributed by atoms with van der Waals surface area (Å²) in [6.45, 7) is 1.33. The van der Waals surface area contributed by atoms with Crippen LogP contribution < -0.4 is 0 Å². The zero-order valence-electron chi connectivity index (χ0n) is 8.30. The molecule has 0 spiro atoms. The van der Waals surface area contributed by atoms with Crippen molar-refractivity contribution in [3.05, 3.63) is 0 Å². The lowest BCUT2D eigenvalue weighted by Gasteiger charge is -2.23. The van der Waals surface area contributed by atoms with Gasteiger partial charge in [0.2, 0.25) is 0 Å². The third-order valence-corrected chi connectivity index (χ3v) is 3.03. The molecule has 0 aromatic heterocycles. The third kappa shape index (κ3) is 1.77. The van der Waals surface area contributed by atoms with Crippen LogP contribution in [0.15, 0.2) is 0 Å². The van der Waals surface area contributed by atoms with Gasteiger partial charge < -0.3 is 20.0 Å². The van der Waals surface area contributed by atoms with Gasteiger partial charge in [-0.05, 0) is 6.42 Å². The summed E-state index contributed by atoms with van der Waals surface area (Å²) in [5, 5.41) is 18.3. The number of fused-ring (bicyclic) bond motifs is 1. The molecule has 84 valence electrons.